The summed E-state index contributed by atoms with van der Waals surface area (Å²) in [6.07, 6.45) is 0.507. The molecule has 0 radical (unpaired) electrons. The van der Waals surface area contributed by atoms with Crippen LogP contribution in [-0.2, 0) is 14.6 Å². The first-order chi connectivity index (χ1) is 10.4. The molecule has 118 valence electrons. The first-order valence-electron chi connectivity index (χ1n) is 6.96. The van der Waals surface area contributed by atoms with Gasteiger partial charge >= 0.3 is 0 Å². The minimum Gasteiger partial charge on any atom is -0.351 e. The van der Waals surface area contributed by atoms with E-state index in [1.807, 2.05) is 31.2 Å². The number of thiazole rings is 1. The fraction of sp³-hybridized carbons (Fsp3) is 0.429. The second kappa shape index (κ2) is 6.17. The average Bonchev–Trinajstić information content (AvgIpc) is 3.00. The standard InChI is InChI=1S/C14H16N2O3S3/c1-9(13(17)15-10-6-7-22(18,19)8-10)20-14-16-11-4-2-3-5-12(11)21-14/h2-5,9-10H,6-8H2,1H3,(H,15,17). The summed E-state index contributed by atoms with van der Waals surface area (Å²) in [7, 11) is -2.97. The molecule has 1 N–H and O–H groups in total. The summed E-state index contributed by atoms with van der Waals surface area (Å²) in [6, 6.07) is 7.60. The summed E-state index contributed by atoms with van der Waals surface area (Å²) < 4.78 is 24.8. The van der Waals surface area contributed by atoms with Crippen LogP contribution in [0.1, 0.15) is 13.3 Å². The number of fused-ring (bicyclic) bond motifs is 1. The van der Waals surface area contributed by atoms with Crippen molar-refractivity contribution in [2.24, 2.45) is 0 Å². The van der Waals surface area contributed by atoms with Gasteiger partial charge in [-0.1, -0.05) is 23.9 Å². The highest BCUT2D eigenvalue weighted by Crippen LogP contribution is 2.32. The van der Waals surface area contributed by atoms with Crippen molar-refractivity contribution in [2.75, 3.05) is 11.5 Å². The summed E-state index contributed by atoms with van der Waals surface area (Å²) in [5.74, 6) is 0.0839. The van der Waals surface area contributed by atoms with Gasteiger partial charge in [-0.15, -0.1) is 11.3 Å². The molecule has 0 aliphatic carbocycles. The van der Waals surface area contributed by atoms with Gasteiger partial charge in [-0.05, 0) is 25.5 Å². The first-order valence-corrected chi connectivity index (χ1v) is 10.5. The van der Waals surface area contributed by atoms with Crippen LogP contribution in [0.3, 0.4) is 0 Å². The molecule has 2 aromatic rings. The third kappa shape index (κ3) is 3.61. The molecular formula is C14H16N2O3S3. The number of amides is 1. The second-order valence-electron chi connectivity index (χ2n) is 5.32. The Morgan fingerprint density at radius 2 is 2.23 bits per heavy atom. The van der Waals surface area contributed by atoms with Gasteiger partial charge in [0, 0.05) is 6.04 Å². The van der Waals surface area contributed by atoms with E-state index < -0.39 is 9.84 Å². The monoisotopic (exact) mass is 356 g/mol. The minimum atomic E-state index is -2.97. The van der Waals surface area contributed by atoms with Crippen molar-refractivity contribution in [3.05, 3.63) is 24.3 Å². The maximum absolute atomic E-state index is 12.2. The Labute approximate surface area is 137 Å². The van der Waals surface area contributed by atoms with Crippen LogP contribution >= 0.6 is 23.1 Å². The van der Waals surface area contributed by atoms with Crippen LogP contribution in [0.2, 0.25) is 0 Å². The Bertz CT molecular complexity index is 768. The zero-order valence-corrected chi connectivity index (χ0v) is 14.4. The normalized spacial score (nSPS) is 21.8. The number of hydrogen-bond donors (Lipinski definition) is 1. The highest BCUT2D eigenvalue weighted by atomic mass is 32.2. The topological polar surface area (TPSA) is 76.1 Å². The molecule has 1 amide bonds. The first kappa shape index (κ1) is 15.8. The van der Waals surface area contributed by atoms with E-state index in [2.05, 4.69) is 10.3 Å². The van der Waals surface area contributed by atoms with Gasteiger partial charge in [0.2, 0.25) is 5.91 Å². The van der Waals surface area contributed by atoms with E-state index in [0.29, 0.717) is 6.42 Å². The molecular weight excluding hydrogens is 340 g/mol. The van der Waals surface area contributed by atoms with Crippen LogP contribution in [0.25, 0.3) is 10.2 Å². The van der Waals surface area contributed by atoms with E-state index in [1.165, 1.54) is 11.8 Å². The summed E-state index contributed by atoms with van der Waals surface area (Å²) in [5.41, 5.74) is 0.935. The molecule has 0 bridgehead atoms. The van der Waals surface area contributed by atoms with Crippen LogP contribution in [0, 0.1) is 0 Å². The molecule has 1 aliphatic rings. The summed E-state index contributed by atoms with van der Waals surface area (Å²) in [5, 5.41) is 2.52. The van der Waals surface area contributed by atoms with E-state index in [4.69, 9.17) is 0 Å². The van der Waals surface area contributed by atoms with Crippen LogP contribution in [-0.4, -0.2) is 42.1 Å². The number of sulfone groups is 1. The number of nitrogens with one attached hydrogen (secondary N) is 1. The largest absolute Gasteiger partial charge is 0.351 e. The summed E-state index contributed by atoms with van der Waals surface area (Å²) in [4.78, 5) is 16.7. The highest BCUT2D eigenvalue weighted by Gasteiger charge is 2.30. The SMILES string of the molecule is CC(Sc1nc2ccccc2s1)C(=O)NC1CCS(=O)(=O)C1. The number of benzene rings is 1. The maximum Gasteiger partial charge on any atom is 0.233 e. The maximum atomic E-state index is 12.2. The number of carbonyl (C=O) groups excluding carboxylic acids is 1. The number of para-hydroxylation sites is 1. The lowest BCUT2D eigenvalue weighted by Gasteiger charge is -2.14. The van der Waals surface area contributed by atoms with Gasteiger partial charge in [-0.25, -0.2) is 13.4 Å². The number of carbonyl (C=O) groups is 1. The van der Waals surface area contributed by atoms with E-state index in [0.717, 1.165) is 14.6 Å². The van der Waals surface area contributed by atoms with Gasteiger partial charge < -0.3 is 5.32 Å². The summed E-state index contributed by atoms with van der Waals surface area (Å²) >= 11 is 2.97. The Morgan fingerprint density at radius 1 is 1.45 bits per heavy atom. The molecule has 1 fully saturated rings. The lowest BCUT2D eigenvalue weighted by molar-refractivity contribution is -0.120. The van der Waals surface area contributed by atoms with Crippen molar-refractivity contribution < 1.29 is 13.2 Å². The van der Waals surface area contributed by atoms with Crippen LogP contribution < -0.4 is 5.32 Å². The van der Waals surface area contributed by atoms with E-state index in [1.54, 1.807) is 11.3 Å². The van der Waals surface area contributed by atoms with Gasteiger partial charge in [0.15, 0.2) is 14.2 Å². The Hall–Kier alpha value is -1.12. The molecule has 22 heavy (non-hydrogen) atoms. The van der Waals surface area contributed by atoms with Gasteiger partial charge in [-0.3, -0.25) is 4.79 Å². The van der Waals surface area contributed by atoms with Crippen molar-refractivity contribution >= 4 is 49.1 Å². The number of thioether (sulfide) groups is 1. The fourth-order valence-electron chi connectivity index (χ4n) is 2.33. The van der Waals surface area contributed by atoms with Crippen molar-refractivity contribution in [1.29, 1.82) is 0 Å². The number of nitrogens with zero attached hydrogens (tertiary/aromatic N) is 1. The molecule has 1 aromatic carbocycles. The second-order valence-corrected chi connectivity index (χ2v) is 10.2. The average molecular weight is 356 g/mol. The Balaban J connectivity index is 1.61. The van der Waals surface area contributed by atoms with Crippen molar-refractivity contribution in [1.82, 2.24) is 10.3 Å². The lowest BCUT2D eigenvalue weighted by Crippen LogP contribution is -2.39. The van der Waals surface area contributed by atoms with Gasteiger partial charge in [0.25, 0.3) is 0 Å². The molecule has 2 heterocycles. The zero-order valence-electron chi connectivity index (χ0n) is 12.0. The molecule has 1 saturated heterocycles. The van der Waals surface area contributed by atoms with Crippen LogP contribution in [0.15, 0.2) is 28.6 Å². The van der Waals surface area contributed by atoms with Crippen LogP contribution in [0.4, 0.5) is 0 Å². The lowest BCUT2D eigenvalue weighted by atomic mass is 10.2. The quantitative estimate of drug-likeness (QED) is 0.849. The van der Waals surface area contributed by atoms with Gasteiger partial charge in [0.1, 0.15) is 0 Å². The van der Waals surface area contributed by atoms with Gasteiger partial charge in [0.05, 0.1) is 27.0 Å². The minimum absolute atomic E-state index is 0.0528. The molecule has 3 rings (SSSR count). The third-order valence-corrected chi connectivity index (χ3v) is 7.50. The molecule has 1 aromatic heterocycles. The van der Waals surface area contributed by atoms with Crippen LogP contribution in [0.5, 0.6) is 0 Å². The van der Waals surface area contributed by atoms with Crippen molar-refractivity contribution in [2.45, 2.75) is 29.0 Å². The predicted octanol–water partition coefficient (Wildman–Crippen LogP) is 2.08. The van der Waals surface area contributed by atoms with Crippen molar-refractivity contribution in [3.63, 3.8) is 0 Å². The molecule has 2 unspecified atom stereocenters. The van der Waals surface area contributed by atoms with E-state index >= 15 is 0 Å². The number of aromatic nitrogens is 1. The molecule has 1 aliphatic heterocycles. The fourth-order valence-corrected chi connectivity index (χ4v) is 6.23. The smallest absolute Gasteiger partial charge is 0.233 e. The Morgan fingerprint density at radius 3 is 2.91 bits per heavy atom. The molecule has 5 nitrogen and oxygen atoms in total. The Kier molecular flexibility index (Phi) is 4.42. The highest BCUT2D eigenvalue weighted by molar-refractivity contribution is 8.02. The molecule has 0 saturated carbocycles. The number of rotatable bonds is 4. The van der Waals surface area contributed by atoms with E-state index in [9.17, 15) is 13.2 Å². The molecule has 8 heteroatoms. The molecule has 2 atom stereocenters. The van der Waals surface area contributed by atoms with Gasteiger partial charge in [-0.2, -0.15) is 0 Å². The predicted molar refractivity (Wildman–Crippen MR) is 90.1 cm³/mol. The third-order valence-electron chi connectivity index (χ3n) is 3.50. The van der Waals surface area contributed by atoms with E-state index in [-0.39, 0.29) is 28.7 Å². The zero-order chi connectivity index (χ0) is 15.7. The van der Waals surface area contributed by atoms with Crippen molar-refractivity contribution in [3.8, 4) is 0 Å². The molecule has 0 spiro atoms. The number of hydrogen-bond acceptors (Lipinski definition) is 6. The summed E-state index contributed by atoms with van der Waals surface area (Å²) in [6.45, 7) is 1.81.